The smallest absolute Gasteiger partial charge is 0.227 e. The molecular formula is C23H28N2O4. The van der Waals surface area contributed by atoms with Crippen LogP contribution in [0.2, 0.25) is 0 Å². The molecule has 29 heavy (non-hydrogen) atoms. The summed E-state index contributed by atoms with van der Waals surface area (Å²) in [4.78, 5) is 26.7. The number of anilines is 1. The Morgan fingerprint density at radius 3 is 2.52 bits per heavy atom. The number of hydrogen-bond donors (Lipinski definition) is 1. The number of methoxy groups -OCH3 is 2. The van der Waals surface area contributed by atoms with Crippen molar-refractivity contribution < 1.29 is 19.1 Å². The molecule has 6 nitrogen and oxygen atoms in total. The van der Waals surface area contributed by atoms with Gasteiger partial charge in [-0.1, -0.05) is 12.1 Å². The number of rotatable bonds is 7. The minimum atomic E-state index is -0.325. The number of benzene rings is 2. The first-order valence-corrected chi connectivity index (χ1v) is 9.79. The van der Waals surface area contributed by atoms with Crippen LogP contribution in [0.1, 0.15) is 23.1 Å². The average molecular weight is 396 g/mol. The second-order valence-corrected chi connectivity index (χ2v) is 7.40. The van der Waals surface area contributed by atoms with Crippen molar-refractivity contribution in [3.8, 4) is 11.5 Å². The summed E-state index contributed by atoms with van der Waals surface area (Å²) in [6.45, 7) is 4.99. The molecule has 2 aromatic carbocycles. The maximum Gasteiger partial charge on any atom is 0.227 e. The van der Waals surface area contributed by atoms with Crippen molar-refractivity contribution in [3.05, 3.63) is 53.1 Å². The van der Waals surface area contributed by atoms with Gasteiger partial charge in [-0.05, 0) is 61.2 Å². The van der Waals surface area contributed by atoms with E-state index in [4.69, 9.17) is 9.47 Å². The summed E-state index contributed by atoms with van der Waals surface area (Å²) in [5, 5.41) is 2.96. The van der Waals surface area contributed by atoms with Gasteiger partial charge in [0.25, 0.3) is 0 Å². The SMILES string of the molecule is COc1ccc(CCNC(=O)C2CC(=O)N(c3ccc(C)c(C)c3)C2)cc1OC. The molecule has 0 spiro atoms. The van der Waals surface area contributed by atoms with Gasteiger partial charge >= 0.3 is 0 Å². The zero-order valence-electron chi connectivity index (χ0n) is 17.5. The number of amides is 2. The lowest BCUT2D eigenvalue weighted by atomic mass is 10.1. The Balaban J connectivity index is 1.55. The minimum absolute atomic E-state index is 0.00621. The van der Waals surface area contributed by atoms with E-state index >= 15 is 0 Å². The summed E-state index contributed by atoms with van der Waals surface area (Å²) < 4.78 is 10.6. The van der Waals surface area contributed by atoms with Crippen LogP contribution < -0.4 is 19.7 Å². The van der Waals surface area contributed by atoms with Crippen molar-refractivity contribution in [2.45, 2.75) is 26.7 Å². The number of nitrogens with zero attached hydrogens (tertiary/aromatic N) is 1. The Labute approximate surface area is 171 Å². The van der Waals surface area contributed by atoms with E-state index in [-0.39, 0.29) is 24.2 Å². The Hall–Kier alpha value is -3.02. The Morgan fingerprint density at radius 1 is 1.07 bits per heavy atom. The van der Waals surface area contributed by atoms with Gasteiger partial charge in [0.1, 0.15) is 0 Å². The van der Waals surface area contributed by atoms with Crippen molar-refractivity contribution in [1.82, 2.24) is 5.32 Å². The minimum Gasteiger partial charge on any atom is -0.493 e. The molecule has 0 bridgehead atoms. The van der Waals surface area contributed by atoms with E-state index in [1.807, 2.05) is 50.2 Å². The van der Waals surface area contributed by atoms with Gasteiger partial charge in [0.15, 0.2) is 11.5 Å². The third-order valence-corrected chi connectivity index (χ3v) is 5.46. The van der Waals surface area contributed by atoms with Gasteiger partial charge in [-0.3, -0.25) is 9.59 Å². The number of ether oxygens (including phenoxy) is 2. The molecule has 154 valence electrons. The van der Waals surface area contributed by atoms with Gasteiger partial charge in [0, 0.05) is 25.2 Å². The molecule has 1 fully saturated rings. The predicted molar refractivity (Wildman–Crippen MR) is 113 cm³/mol. The largest absolute Gasteiger partial charge is 0.493 e. The molecule has 3 rings (SSSR count). The summed E-state index contributed by atoms with van der Waals surface area (Å²) in [5.74, 6) is 0.936. The summed E-state index contributed by atoms with van der Waals surface area (Å²) in [6.07, 6.45) is 0.919. The van der Waals surface area contributed by atoms with E-state index in [0.29, 0.717) is 31.0 Å². The topological polar surface area (TPSA) is 67.9 Å². The van der Waals surface area contributed by atoms with E-state index in [1.54, 1.807) is 19.1 Å². The molecule has 1 N–H and O–H groups in total. The zero-order valence-corrected chi connectivity index (χ0v) is 17.5. The van der Waals surface area contributed by atoms with Crippen LogP contribution in [0.3, 0.4) is 0 Å². The predicted octanol–water partition coefficient (Wildman–Crippen LogP) is 3.03. The molecule has 1 heterocycles. The first-order chi connectivity index (χ1) is 13.9. The fraction of sp³-hybridized carbons (Fsp3) is 0.391. The number of nitrogens with one attached hydrogen (secondary N) is 1. The number of aryl methyl sites for hydroxylation is 2. The fourth-order valence-corrected chi connectivity index (χ4v) is 3.54. The number of hydrogen-bond acceptors (Lipinski definition) is 4. The Morgan fingerprint density at radius 2 is 1.83 bits per heavy atom. The highest BCUT2D eigenvalue weighted by Gasteiger charge is 2.35. The molecule has 1 atom stereocenters. The lowest BCUT2D eigenvalue weighted by molar-refractivity contribution is -0.126. The molecule has 1 aliphatic rings. The average Bonchev–Trinajstić information content (AvgIpc) is 3.11. The fourth-order valence-electron chi connectivity index (χ4n) is 3.54. The molecule has 0 radical (unpaired) electrons. The third kappa shape index (κ3) is 4.70. The van der Waals surface area contributed by atoms with Crippen LogP contribution in [-0.2, 0) is 16.0 Å². The molecular weight excluding hydrogens is 368 g/mol. The lowest BCUT2D eigenvalue weighted by Gasteiger charge is -2.18. The molecule has 1 aliphatic heterocycles. The third-order valence-electron chi connectivity index (χ3n) is 5.46. The van der Waals surface area contributed by atoms with E-state index in [9.17, 15) is 9.59 Å². The quantitative estimate of drug-likeness (QED) is 0.781. The summed E-state index contributed by atoms with van der Waals surface area (Å²) >= 11 is 0. The van der Waals surface area contributed by atoms with Gasteiger partial charge in [-0.2, -0.15) is 0 Å². The molecule has 0 saturated carbocycles. The van der Waals surface area contributed by atoms with Crippen LogP contribution in [-0.4, -0.2) is 39.1 Å². The number of carbonyl (C=O) groups excluding carboxylic acids is 2. The van der Waals surface area contributed by atoms with Gasteiger partial charge in [0.2, 0.25) is 11.8 Å². The maximum atomic E-state index is 12.6. The van der Waals surface area contributed by atoms with Crippen LogP contribution in [0.15, 0.2) is 36.4 Å². The second-order valence-electron chi connectivity index (χ2n) is 7.40. The summed E-state index contributed by atoms with van der Waals surface area (Å²) in [5.41, 5.74) is 4.23. The van der Waals surface area contributed by atoms with Crippen LogP contribution >= 0.6 is 0 Å². The Bertz CT molecular complexity index is 910. The normalized spacial score (nSPS) is 16.1. The molecule has 0 aliphatic carbocycles. The molecule has 2 aromatic rings. The van der Waals surface area contributed by atoms with Crippen molar-refractivity contribution in [1.29, 1.82) is 0 Å². The van der Waals surface area contributed by atoms with E-state index in [0.717, 1.165) is 16.8 Å². The van der Waals surface area contributed by atoms with E-state index < -0.39 is 0 Å². The Kier molecular flexibility index (Phi) is 6.42. The monoisotopic (exact) mass is 396 g/mol. The maximum absolute atomic E-state index is 12.6. The van der Waals surface area contributed by atoms with E-state index in [1.165, 1.54) is 5.56 Å². The molecule has 1 unspecified atom stereocenters. The highest BCUT2D eigenvalue weighted by molar-refractivity contribution is 6.00. The second kappa shape index (κ2) is 8.99. The summed E-state index contributed by atoms with van der Waals surface area (Å²) in [6, 6.07) is 11.7. The highest BCUT2D eigenvalue weighted by Crippen LogP contribution is 2.28. The van der Waals surface area contributed by atoms with Gasteiger partial charge in [-0.15, -0.1) is 0 Å². The van der Waals surface area contributed by atoms with Gasteiger partial charge in [0.05, 0.1) is 20.1 Å². The molecule has 1 saturated heterocycles. The first-order valence-electron chi connectivity index (χ1n) is 9.79. The van der Waals surface area contributed by atoms with Crippen molar-refractivity contribution in [2.75, 3.05) is 32.2 Å². The zero-order chi connectivity index (χ0) is 21.0. The van der Waals surface area contributed by atoms with Crippen molar-refractivity contribution in [3.63, 3.8) is 0 Å². The number of carbonyl (C=O) groups is 2. The van der Waals surface area contributed by atoms with E-state index in [2.05, 4.69) is 5.32 Å². The van der Waals surface area contributed by atoms with Crippen LogP contribution in [0.5, 0.6) is 11.5 Å². The standard InChI is InChI=1S/C23H28N2O4/c1-15-5-7-19(11-16(15)2)25-14-18(13-22(25)26)23(27)24-10-9-17-6-8-20(28-3)21(12-17)29-4/h5-8,11-12,18H,9-10,13-14H2,1-4H3,(H,24,27). The van der Waals surface area contributed by atoms with Crippen LogP contribution in [0.25, 0.3) is 0 Å². The first kappa shape index (κ1) is 20.7. The molecule has 2 amide bonds. The van der Waals surface area contributed by atoms with Crippen molar-refractivity contribution in [2.24, 2.45) is 5.92 Å². The van der Waals surface area contributed by atoms with Crippen LogP contribution in [0, 0.1) is 19.8 Å². The summed E-state index contributed by atoms with van der Waals surface area (Å²) in [7, 11) is 3.20. The van der Waals surface area contributed by atoms with Gasteiger partial charge < -0.3 is 19.7 Å². The van der Waals surface area contributed by atoms with Gasteiger partial charge in [-0.25, -0.2) is 0 Å². The molecule has 6 heteroatoms. The lowest BCUT2D eigenvalue weighted by Crippen LogP contribution is -2.34. The molecule has 0 aromatic heterocycles. The van der Waals surface area contributed by atoms with Crippen molar-refractivity contribution >= 4 is 17.5 Å². The highest BCUT2D eigenvalue weighted by atomic mass is 16.5. The van der Waals surface area contributed by atoms with Crippen LogP contribution in [0.4, 0.5) is 5.69 Å².